The van der Waals surface area contributed by atoms with Crippen LogP contribution >= 0.6 is 0 Å². The van der Waals surface area contributed by atoms with E-state index in [2.05, 4.69) is 24.3 Å². The van der Waals surface area contributed by atoms with Crippen molar-refractivity contribution >= 4 is 0 Å². The van der Waals surface area contributed by atoms with Gasteiger partial charge in [-0.3, -0.25) is 0 Å². The molecule has 1 heteroatoms. The third kappa shape index (κ3) is 1.98. The number of hydrogen-bond donors (Lipinski definition) is 1. The summed E-state index contributed by atoms with van der Waals surface area (Å²) in [7, 11) is 0. The smallest absolute Gasteiger partial charge is 0.0512 e. The van der Waals surface area contributed by atoms with Gasteiger partial charge in [0.25, 0.3) is 0 Å². The monoisotopic (exact) mass is 190 g/mol. The van der Waals surface area contributed by atoms with Crippen molar-refractivity contribution in [2.24, 2.45) is 0 Å². The first-order chi connectivity index (χ1) is 6.77. The summed E-state index contributed by atoms with van der Waals surface area (Å²) in [6.07, 6.45) is 4.41. The van der Waals surface area contributed by atoms with Crippen molar-refractivity contribution in [1.29, 1.82) is 0 Å². The van der Waals surface area contributed by atoms with Crippen molar-refractivity contribution in [1.82, 2.24) is 0 Å². The van der Waals surface area contributed by atoms with Crippen LogP contribution < -0.4 is 0 Å². The topological polar surface area (TPSA) is 20.2 Å². The Hall–Kier alpha value is -0.820. The van der Waals surface area contributed by atoms with Gasteiger partial charge in [-0.15, -0.1) is 0 Å². The van der Waals surface area contributed by atoms with E-state index in [0.717, 1.165) is 12.8 Å². The number of hydrogen-bond acceptors (Lipinski definition) is 1. The van der Waals surface area contributed by atoms with Crippen LogP contribution in [-0.2, 0) is 6.42 Å². The Morgan fingerprint density at radius 3 is 3.00 bits per heavy atom. The largest absolute Gasteiger partial charge is 0.393 e. The summed E-state index contributed by atoms with van der Waals surface area (Å²) in [4.78, 5) is 0. The van der Waals surface area contributed by atoms with Gasteiger partial charge in [-0.1, -0.05) is 24.3 Å². The highest BCUT2D eigenvalue weighted by Crippen LogP contribution is 2.36. The molecule has 0 amide bonds. The first-order valence-corrected chi connectivity index (χ1v) is 5.53. The lowest BCUT2D eigenvalue weighted by atomic mass is 9.95. The molecule has 0 fully saturated rings. The van der Waals surface area contributed by atoms with E-state index in [1.54, 1.807) is 0 Å². The maximum Gasteiger partial charge on any atom is 0.0512 e. The van der Waals surface area contributed by atoms with E-state index < -0.39 is 0 Å². The Bertz CT molecular complexity index is 304. The number of aryl methyl sites for hydroxylation is 1. The van der Waals surface area contributed by atoms with E-state index in [4.69, 9.17) is 0 Å². The zero-order valence-corrected chi connectivity index (χ0v) is 8.74. The van der Waals surface area contributed by atoms with E-state index in [9.17, 15) is 5.11 Å². The molecular formula is C13H18O. The van der Waals surface area contributed by atoms with Crippen molar-refractivity contribution in [3.63, 3.8) is 0 Å². The Kier molecular flexibility index (Phi) is 2.87. The number of benzene rings is 1. The van der Waals surface area contributed by atoms with Crippen LogP contribution in [0, 0.1) is 0 Å². The summed E-state index contributed by atoms with van der Waals surface area (Å²) >= 11 is 0. The summed E-state index contributed by atoms with van der Waals surface area (Å²) in [5, 5.41) is 9.26. The fourth-order valence-corrected chi connectivity index (χ4v) is 2.39. The van der Waals surface area contributed by atoms with Gasteiger partial charge < -0.3 is 5.11 Å². The summed E-state index contributed by atoms with van der Waals surface area (Å²) < 4.78 is 0. The highest BCUT2D eigenvalue weighted by molar-refractivity contribution is 5.34. The second kappa shape index (κ2) is 4.14. The average Bonchev–Trinajstić information content (AvgIpc) is 2.58. The van der Waals surface area contributed by atoms with Crippen LogP contribution in [0.25, 0.3) is 0 Å². The highest BCUT2D eigenvalue weighted by Gasteiger charge is 2.21. The molecule has 0 aromatic heterocycles. The predicted molar refractivity (Wildman–Crippen MR) is 58.4 cm³/mol. The molecule has 2 atom stereocenters. The highest BCUT2D eigenvalue weighted by atomic mass is 16.3. The van der Waals surface area contributed by atoms with E-state index in [-0.39, 0.29) is 6.10 Å². The Morgan fingerprint density at radius 2 is 2.21 bits per heavy atom. The van der Waals surface area contributed by atoms with Crippen LogP contribution in [0.15, 0.2) is 24.3 Å². The molecule has 0 bridgehead atoms. The fraction of sp³-hybridized carbons (Fsp3) is 0.538. The Balaban J connectivity index is 2.03. The maximum absolute atomic E-state index is 9.26. The molecule has 0 spiro atoms. The average molecular weight is 190 g/mol. The second-order valence-corrected chi connectivity index (χ2v) is 4.36. The normalized spacial score (nSPS) is 22.0. The van der Waals surface area contributed by atoms with E-state index in [1.165, 1.54) is 24.0 Å². The number of aliphatic hydroxyl groups is 1. The molecule has 1 nitrogen and oxygen atoms in total. The zero-order valence-electron chi connectivity index (χ0n) is 8.74. The maximum atomic E-state index is 9.26. The van der Waals surface area contributed by atoms with E-state index in [1.807, 2.05) is 6.92 Å². The van der Waals surface area contributed by atoms with Crippen molar-refractivity contribution < 1.29 is 5.11 Å². The van der Waals surface area contributed by atoms with Gasteiger partial charge in [0.15, 0.2) is 0 Å². The van der Waals surface area contributed by atoms with Gasteiger partial charge in [0, 0.05) is 0 Å². The van der Waals surface area contributed by atoms with Crippen molar-refractivity contribution in [2.75, 3.05) is 0 Å². The molecule has 0 heterocycles. The summed E-state index contributed by atoms with van der Waals surface area (Å²) in [6.45, 7) is 1.88. The number of aliphatic hydroxyl groups excluding tert-OH is 1. The minimum Gasteiger partial charge on any atom is -0.393 e. The minimum atomic E-state index is -0.150. The van der Waals surface area contributed by atoms with Gasteiger partial charge >= 0.3 is 0 Å². The third-order valence-corrected chi connectivity index (χ3v) is 3.19. The van der Waals surface area contributed by atoms with Gasteiger partial charge in [-0.25, -0.2) is 0 Å². The molecule has 1 aromatic carbocycles. The SMILES string of the molecule is CC(O)CCC1CCc2ccccc21. The van der Waals surface area contributed by atoms with Gasteiger partial charge in [-0.2, -0.15) is 0 Å². The molecule has 76 valence electrons. The zero-order chi connectivity index (χ0) is 9.97. The minimum absolute atomic E-state index is 0.150. The standard InChI is InChI=1S/C13H18O/c1-10(14)6-7-12-9-8-11-4-2-3-5-13(11)12/h2-5,10,12,14H,6-9H2,1H3. The molecule has 0 aliphatic heterocycles. The molecule has 1 aromatic rings. The summed E-state index contributed by atoms with van der Waals surface area (Å²) in [5.41, 5.74) is 3.04. The van der Waals surface area contributed by atoms with Gasteiger partial charge in [-0.05, 0) is 49.7 Å². The lowest BCUT2D eigenvalue weighted by Gasteiger charge is -2.12. The van der Waals surface area contributed by atoms with E-state index in [0.29, 0.717) is 5.92 Å². The fourth-order valence-electron chi connectivity index (χ4n) is 2.39. The van der Waals surface area contributed by atoms with Crippen molar-refractivity contribution in [2.45, 2.75) is 44.6 Å². The molecule has 1 aliphatic rings. The van der Waals surface area contributed by atoms with Crippen LogP contribution in [0.2, 0.25) is 0 Å². The quantitative estimate of drug-likeness (QED) is 0.777. The lowest BCUT2D eigenvalue weighted by Crippen LogP contribution is -2.02. The third-order valence-electron chi connectivity index (χ3n) is 3.19. The van der Waals surface area contributed by atoms with Crippen LogP contribution in [0.4, 0.5) is 0 Å². The molecule has 1 aliphatic carbocycles. The van der Waals surface area contributed by atoms with Crippen LogP contribution in [0.1, 0.15) is 43.2 Å². The summed E-state index contributed by atoms with van der Waals surface area (Å²) in [6, 6.07) is 8.72. The van der Waals surface area contributed by atoms with E-state index >= 15 is 0 Å². The first-order valence-electron chi connectivity index (χ1n) is 5.53. The van der Waals surface area contributed by atoms with Crippen LogP contribution in [0.3, 0.4) is 0 Å². The molecule has 14 heavy (non-hydrogen) atoms. The molecule has 0 saturated heterocycles. The van der Waals surface area contributed by atoms with Gasteiger partial charge in [0.05, 0.1) is 6.10 Å². The first kappa shape index (κ1) is 9.72. The lowest BCUT2D eigenvalue weighted by molar-refractivity contribution is 0.178. The van der Waals surface area contributed by atoms with Gasteiger partial charge in [0.1, 0.15) is 0 Å². The second-order valence-electron chi connectivity index (χ2n) is 4.36. The number of rotatable bonds is 3. The molecule has 1 N–H and O–H groups in total. The van der Waals surface area contributed by atoms with Crippen LogP contribution in [0.5, 0.6) is 0 Å². The molecule has 0 radical (unpaired) electrons. The molecular weight excluding hydrogens is 172 g/mol. The van der Waals surface area contributed by atoms with Crippen molar-refractivity contribution in [3.05, 3.63) is 35.4 Å². The predicted octanol–water partition coefficient (Wildman–Crippen LogP) is 2.88. The number of fused-ring (bicyclic) bond motifs is 1. The molecule has 0 saturated carbocycles. The molecule has 2 unspecified atom stereocenters. The van der Waals surface area contributed by atoms with Gasteiger partial charge in [0.2, 0.25) is 0 Å². The Labute approximate surface area is 85.8 Å². The van der Waals surface area contributed by atoms with Crippen molar-refractivity contribution in [3.8, 4) is 0 Å². The van der Waals surface area contributed by atoms with Crippen LogP contribution in [-0.4, -0.2) is 11.2 Å². The summed E-state index contributed by atoms with van der Waals surface area (Å²) in [5.74, 6) is 0.695. The molecule has 2 rings (SSSR count). The Morgan fingerprint density at radius 1 is 1.43 bits per heavy atom.